The fourth-order valence-corrected chi connectivity index (χ4v) is 2.62. The Hall–Kier alpha value is -2.35. The third kappa shape index (κ3) is 2.62. The number of para-hydroxylation sites is 1. The van der Waals surface area contributed by atoms with Gasteiger partial charge in [0.25, 0.3) is 5.91 Å². The lowest BCUT2D eigenvalue weighted by molar-refractivity contribution is -0.119. The Labute approximate surface area is 125 Å². The van der Waals surface area contributed by atoms with Gasteiger partial charge in [-0.15, -0.1) is 15.3 Å². The molecule has 0 aliphatic carbocycles. The summed E-state index contributed by atoms with van der Waals surface area (Å²) in [5.41, 5.74) is 1.59. The van der Waals surface area contributed by atoms with E-state index in [-0.39, 0.29) is 5.91 Å². The maximum atomic E-state index is 12.3. The van der Waals surface area contributed by atoms with Crippen LogP contribution in [0.3, 0.4) is 0 Å². The lowest BCUT2D eigenvalue weighted by Gasteiger charge is -2.11. The molecule has 0 aliphatic heterocycles. The Morgan fingerprint density at radius 2 is 2.14 bits per heavy atom. The van der Waals surface area contributed by atoms with Crippen molar-refractivity contribution in [3.8, 4) is 0 Å². The molecule has 1 N–H and O–H groups in total. The van der Waals surface area contributed by atoms with E-state index in [1.54, 1.807) is 11.6 Å². The number of carbonyl (C=O) groups excluding carboxylic acids is 1. The summed E-state index contributed by atoms with van der Waals surface area (Å²) in [7, 11) is 0. The first-order chi connectivity index (χ1) is 10.2. The molecule has 3 rings (SSSR count). The van der Waals surface area contributed by atoms with Crippen LogP contribution in [0.25, 0.3) is 11.0 Å². The van der Waals surface area contributed by atoms with E-state index in [1.165, 1.54) is 11.3 Å². The minimum absolute atomic E-state index is 0.190. The number of nitrogens with one attached hydrogen (secondary N) is 1. The first kappa shape index (κ1) is 13.6. The summed E-state index contributed by atoms with van der Waals surface area (Å²) in [6, 6.07) is 7.05. The second-order valence-corrected chi connectivity index (χ2v) is 5.60. The van der Waals surface area contributed by atoms with E-state index in [0.29, 0.717) is 5.13 Å². The van der Waals surface area contributed by atoms with Crippen molar-refractivity contribution in [3.05, 3.63) is 29.3 Å². The molecule has 0 saturated heterocycles. The van der Waals surface area contributed by atoms with E-state index in [9.17, 15) is 4.79 Å². The lowest BCUT2D eigenvalue weighted by Crippen LogP contribution is -2.24. The molecule has 0 spiro atoms. The number of carbonyl (C=O) groups is 1. The summed E-state index contributed by atoms with van der Waals surface area (Å²) in [5.74, 6) is -0.190. The number of nitrogens with zero attached hydrogens (tertiary/aromatic N) is 5. The van der Waals surface area contributed by atoms with Gasteiger partial charge in [0.05, 0.1) is 5.52 Å². The lowest BCUT2D eigenvalue weighted by atomic mass is 10.2. The fraction of sp³-hybridized carbons (Fsp3) is 0.308. The van der Waals surface area contributed by atoms with E-state index in [1.807, 2.05) is 31.2 Å². The Bertz CT molecular complexity index is 780. The van der Waals surface area contributed by atoms with Gasteiger partial charge in [-0.05, 0) is 25.5 Å². The van der Waals surface area contributed by atoms with Crippen LogP contribution in [0.4, 0.5) is 5.13 Å². The molecule has 0 saturated carbocycles. The number of aryl methyl sites for hydroxylation is 1. The average Bonchev–Trinajstić information content (AvgIpc) is 3.12. The van der Waals surface area contributed by atoms with Gasteiger partial charge in [-0.2, -0.15) is 0 Å². The zero-order valence-electron chi connectivity index (χ0n) is 11.6. The molecule has 0 radical (unpaired) electrons. The minimum Gasteiger partial charge on any atom is -0.299 e. The van der Waals surface area contributed by atoms with Crippen molar-refractivity contribution in [2.75, 3.05) is 5.32 Å². The number of hydrogen-bond acceptors (Lipinski definition) is 6. The molecule has 1 amide bonds. The first-order valence-electron chi connectivity index (χ1n) is 6.62. The van der Waals surface area contributed by atoms with E-state index in [4.69, 9.17) is 0 Å². The molecule has 1 atom stereocenters. The molecule has 2 heterocycles. The number of rotatable bonds is 4. The maximum absolute atomic E-state index is 12.3. The van der Waals surface area contributed by atoms with Crippen molar-refractivity contribution in [1.29, 1.82) is 0 Å². The molecule has 108 valence electrons. The normalized spacial score (nSPS) is 12.5. The van der Waals surface area contributed by atoms with Crippen LogP contribution in [0.15, 0.2) is 24.3 Å². The molecule has 2 aromatic heterocycles. The zero-order valence-corrected chi connectivity index (χ0v) is 12.5. The van der Waals surface area contributed by atoms with Crippen LogP contribution >= 0.6 is 11.3 Å². The Kier molecular flexibility index (Phi) is 3.61. The van der Waals surface area contributed by atoms with Crippen molar-refractivity contribution in [3.63, 3.8) is 0 Å². The Balaban J connectivity index is 1.81. The van der Waals surface area contributed by atoms with Crippen LogP contribution < -0.4 is 5.32 Å². The number of benzene rings is 1. The average molecular weight is 302 g/mol. The fourth-order valence-electron chi connectivity index (χ4n) is 1.94. The summed E-state index contributed by atoms with van der Waals surface area (Å²) >= 11 is 1.38. The van der Waals surface area contributed by atoms with Crippen LogP contribution in [0.5, 0.6) is 0 Å². The number of amides is 1. The number of fused-ring (bicyclic) bond motifs is 1. The van der Waals surface area contributed by atoms with Crippen LogP contribution in [0, 0.1) is 0 Å². The maximum Gasteiger partial charge on any atom is 0.250 e. The summed E-state index contributed by atoms with van der Waals surface area (Å²) in [6.07, 6.45) is 0.802. The summed E-state index contributed by atoms with van der Waals surface area (Å²) in [4.78, 5) is 12.3. The molecule has 0 aliphatic rings. The van der Waals surface area contributed by atoms with Crippen molar-refractivity contribution < 1.29 is 4.79 Å². The Morgan fingerprint density at radius 1 is 1.33 bits per heavy atom. The van der Waals surface area contributed by atoms with Gasteiger partial charge in [0.2, 0.25) is 5.13 Å². The third-order valence-electron chi connectivity index (χ3n) is 3.12. The van der Waals surface area contributed by atoms with Gasteiger partial charge >= 0.3 is 0 Å². The monoisotopic (exact) mass is 302 g/mol. The van der Waals surface area contributed by atoms with Gasteiger partial charge in [0.15, 0.2) is 0 Å². The molecule has 8 heteroatoms. The van der Waals surface area contributed by atoms with Gasteiger partial charge in [-0.25, -0.2) is 4.68 Å². The molecule has 1 aromatic carbocycles. The second-order valence-electron chi connectivity index (χ2n) is 4.54. The Morgan fingerprint density at radius 3 is 2.90 bits per heavy atom. The van der Waals surface area contributed by atoms with E-state index in [2.05, 4.69) is 25.8 Å². The summed E-state index contributed by atoms with van der Waals surface area (Å²) in [6.45, 7) is 3.77. The quantitative estimate of drug-likeness (QED) is 0.797. The summed E-state index contributed by atoms with van der Waals surface area (Å²) < 4.78 is 1.60. The van der Waals surface area contributed by atoms with Gasteiger partial charge < -0.3 is 0 Å². The van der Waals surface area contributed by atoms with E-state index in [0.717, 1.165) is 22.5 Å². The third-order valence-corrected chi connectivity index (χ3v) is 4.11. The van der Waals surface area contributed by atoms with Crippen molar-refractivity contribution in [2.45, 2.75) is 26.3 Å². The van der Waals surface area contributed by atoms with E-state index >= 15 is 0 Å². The highest BCUT2D eigenvalue weighted by molar-refractivity contribution is 7.15. The molecule has 1 unspecified atom stereocenters. The molecule has 0 bridgehead atoms. The molecular formula is C13H14N6OS. The smallest absolute Gasteiger partial charge is 0.250 e. The molecule has 3 aromatic rings. The highest BCUT2D eigenvalue weighted by Gasteiger charge is 2.20. The van der Waals surface area contributed by atoms with Crippen molar-refractivity contribution in [1.82, 2.24) is 25.2 Å². The number of anilines is 1. The second kappa shape index (κ2) is 5.57. The zero-order chi connectivity index (χ0) is 14.8. The van der Waals surface area contributed by atoms with Crippen LogP contribution in [-0.2, 0) is 11.2 Å². The minimum atomic E-state index is -0.480. The molecule has 21 heavy (non-hydrogen) atoms. The van der Waals surface area contributed by atoms with Gasteiger partial charge in [-0.1, -0.05) is 35.6 Å². The SMILES string of the molecule is CCc1nnc(NC(=O)C(C)n2nnc3ccccc32)s1. The van der Waals surface area contributed by atoms with Crippen LogP contribution in [0.1, 0.15) is 24.9 Å². The van der Waals surface area contributed by atoms with Crippen LogP contribution in [-0.4, -0.2) is 31.1 Å². The molecular weight excluding hydrogens is 288 g/mol. The standard InChI is InChI=1S/C13H14N6OS/c1-3-11-16-17-13(21-11)14-12(20)8(2)19-10-7-5-4-6-9(10)15-18-19/h4-8H,3H2,1-2H3,(H,14,17,20). The topological polar surface area (TPSA) is 85.6 Å². The highest BCUT2D eigenvalue weighted by Crippen LogP contribution is 2.19. The molecule has 0 fully saturated rings. The first-order valence-corrected chi connectivity index (χ1v) is 7.44. The largest absolute Gasteiger partial charge is 0.299 e. The van der Waals surface area contributed by atoms with Crippen molar-refractivity contribution in [2.24, 2.45) is 0 Å². The predicted octanol–water partition coefficient (Wildman–Crippen LogP) is 2.04. The van der Waals surface area contributed by atoms with Crippen LogP contribution in [0.2, 0.25) is 0 Å². The molecule has 7 nitrogen and oxygen atoms in total. The van der Waals surface area contributed by atoms with Gasteiger partial charge in [0, 0.05) is 0 Å². The van der Waals surface area contributed by atoms with Gasteiger partial charge in [0.1, 0.15) is 16.6 Å². The van der Waals surface area contributed by atoms with E-state index < -0.39 is 6.04 Å². The number of aromatic nitrogens is 5. The number of hydrogen-bond donors (Lipinski definition) is 1. The summed E-state index contributed by atoms with van der Waals surface area (Å²) in [5, 5.41) is 20.2. The van der Waals surface area contributed by atoms with Gasteiger partial charge in [-0.3, -0.25) is 10.1 Å². The van der Waals surface area contributed by atoms with Crippen molar-refractivity contribution >= 4 is 33.4 Å². The highest BCUT2D eigenvalue weighted by atomic mass is 32.1. The predicted molar refractivity (Wildman–Crippen MR) is 80.2 cm³/mol.